The van der Waals surface area contributed by atoms with E-state index in [9.17, 15) is 0 Å². The van der Waals surface area contributed by atoms with Gasteiger partial charge < -0.3 is 4.90 Å². The van der Waals surface area contributed by atoms with E-state index in [4.69, 9.17) is 5.26 Å². The van der Waals surface area contributed by atoms with E-state index < -0.39 is 0 Å². The van der Waals surface area contributed by atoms with Gasteiger partial charge in [0.25, 0.3) is 0 Å². The quantitative estimate of drug-likeness (QED) is 0.733. The Bertz CT molecular complexity index is 333. The van der Waals surface area contributed by atoms with Crippen LogP contribution in [0.5, 0.6) is 0 Å². The minimum absolute atomic E-state index is 0.777. The predicted molar refractivity (Wildman–Crippen MR) is 64.0 cm³/mol. The summed E-state index contributed by atoms with van der Waals surface area (Å²) in [6.45, 7) is 6.37. The van der Waals surface area contributed by atoms with Gasteiger partial charge >= 0.3 is 0 Å². The standard InChI is InChI=1S/C13H18N2/c1-3-9-15(10-4-2)13-8-6-5-7-12(13)11-14/h5-8H,3-4,9-10H2,1-2H3. The van der Waals surface area contributed by atoms with Crippen LogP contribution in [0.3, 0.4) is 0 Å². The van der Waals surface area contributed by atoms with Crippen molar-refractivity contribution in [2.45, 2.75) is 26.7 Å². The van der Waals surface area contributed by atoms with Gasteiger partial charge in [0, 0.05) is 13.1 Å². The summed E-state index contributed by atoms with van der Waals surface area (Å²) in [4.78, 5) is 2.29. The maximum atomic E-state index is 9.03. The van der Waals surface area contributed by atoms with Crippen molar-refractivity contribution in [3.63, 3.8) is 0 Å². The molecule has 15 heavy (non-hydrogen) atoms. The lowest BCUT2D eigenvalue weighted by Crippen LogP contribution is -2.25. The molecule has 0 saturated carbocycles. The molecule has 0 N–H and O–H groups in total. The van der Waals surface area contributed by atoms with Gasteiger partial charge in [-0.3, -0.25) is 0 Å². The van der Waals surface area contributed by atoms with Crippen LogP contribution in [-0.4, -0.2) is 13.1 Å². The summed E-state index contributed by atoms with van der Waals surface area (Å²) >= 11 is 0. The Morgan fingerprint density at radius 3 is 2.27 bits per heavy atom. The highest BCUT2D eigenvalue weighted by Crippen LogP contribution is 2.19. The van der Waals surface area contributed by atoms with Gasteiger partial charge in [-0.05, 0) is 25.0 Å². The van der Waals surface area contributed by atoms with Crippen LogP contribution in [0.4, 0.5) is 5.69 Å². The minimum atomic E-state index is 0.777. The van der Waals surface area contributed by atoms with Crippen molar-refractivity contribution in [2.24, 2.45) is 0 Å². The number of para-hydroxylation sites is 1. The van der Waals surface area contributed by atoms with Crippen molar-refractivity contribution < 1.29 is 0 Å². The molecule has 0 aromatic heterocycles. The molecule has 0 aliphatic heterocycles. The van der Waals surface area contributed by atoms with Crippen LogP contribution in [0, 0.1) is 11.3 Å². The largest absolute Gasteiger partial charge is 0.370 e. The molecular formula is C13H18N2. The summed E-state index contributed by atoms with van der Waals surface area (Å²) in [5.74, 6) is 0. The third kappa shape index (κ3) is 2.99. The second-order valence-electron chi connectivity index (χ2n) is 3.62. The average molecular weight is 202 g/mol. The van der Waals surface area contributed by atoms with E-state index >= 15 is 0 Å². The predicted octanol–water partition coefficient (Wildman–Crippen LogP) is 3.18. The fraction of sp³-hybridized carbons (Fsp3) is 0.462. The van der Waals surface area contributed by atoms with Crippen molar-refractivity contribution >= 4 is 5.69 Å². The summed E-state index contributed by atoms with van der Waals surface area (Å²) in [6.07, 6.45) is 2.22. The monoisotopic (exact) mass is 202 g/mol. The summed E-state index contributed by atoms with van der Waals surface area (Å²) in [5, 5.41) is 9.03. The molecule has 0 atom stereocenters. The first-order valence-corrected chi connectivity index (χ1v) is 5.57. The third-order valence-electron chi connectivity index (χ3n) is 2.35. The molecular weight excluding hydrogens is 184 g/mol. The zero-order chi connectivity index (χ0) is 11.1. The number of hydrogen-bond acceptors (Lipinski definition) is 2. The first kappa shape index (κ1) is 11.6. The van der Waals surface area contributed by atoms with E-state index in [0.717, 1.165) is 37.2 Å². The first-order chi connectivity index (χ1) is 7.33. The molecule has 80 valence electrons. The lowest BCUT2D eigenvalue weighted by Gasteiger charge is -2.24. The molecule has 2 nitrogen and oxygen atoms in total. The van der Waals surface area contributed by atoms with E-state index in [1.807, 2.05) is 24.3 Å². The van der Waals surface area contributed by atoms with Crippen molar-refractivity contribution in [3.05, 3.63) is 29.8 Å². The fourth-order valence-corrected chi connectivity index (χ4v) is 1.74. The molecule has 0 aliphatic carbocycles. The molecule has 0 bridgehead atoms. The number of nitriles is 1. The molecule has 0 saturated heterocycles. The van der Waals surface area contributed by atoms with Crippen molar-refractivity contribution in [3.8, 4) is 6.07 Å². The molecule has 0 radical (unpaired) electrons. The smallest absolute Gasteiger partial charge is 0.101 e. The number of benzene rings is 1. The molecule has 0 unspecified atom stereocenters. The van der Waals surface area contributed by atoms with Gasteiger partial charge in [0.05, 0.1) is 11.3 Å². The molecule has 0 fully saturated rings. The highest BCUT2D eigenvalue weighted by molar-refractivity contribution is 5.59. The van der Waals surface area contributed by atoms with E-state index in [1.165, 1.54) is 0 Å². The SMILES string of the molecule is CCCN(CCC)c1ccccc1C#N. The molecule has 2 heteroatoms. The summed E-state index contributed by atoms with van der Waals surface area (Å²) in [7, 11) is 0. The molecule has 0 aliphatic rings. The van der Waals surface area contributed by atoms with E-state index in [1.54, 1.807) is 0 Å². The molecule has 1 aromatic rings. The minimum Gasteiger partial charge on any atom is -0.370 e. The van der Waals surface area contributed by atoms with Crippen LogP contribution in [0.15, 0.2) is 24.3 Å². The highest BCUT2D eigenvalue weighted by atomic mass is 15.1. The lowest BCUT2D eigenvalue weighted by molar-refractivity contribution is 0.744. The Hall–Kier alpha value is -1.49. The normalized spacial score (nSPS) is 9.67. The molecule has 0 amide bonds. The Morgan fingerprint density at radius 2 is 1.73 bits per heavy atom. The van der Waals surface area contributed by atoms with Crippen LogP contribution < -0.4 is 4.90 Å². The van der Waals surface area contributed by atoms with Crippen molar-refractivity contribution in [2.75, 3.05) is 18.0 Å². The van der Waals surface area contributed by atoms with Gasteiger partial charge in [-0.15, -0.1) is 0 Å². The van der Waals surface area contributed by atoms with Gasteiger partial charge in [0.2, 0.25) is 0 Å². The van der Waals surface area contributed by atoms with Crippen LogP contribution in [0.2, 0.25) is 0 Å². The number of rotatable bonds is 5. The maximum absolute atomic E-state index is 9.03. The Labute approximate surface area is 92.1 Å². The second-order valence-corrected chi connectivity index (χ2v) is 3.62. The Morgan fingerprint density at radius 1 is 1.13 bits per heavy atom. The van der Waals surface area contributed by atoms with Gasteiger partial charge in [-0.25, -0.2) is 0 Å². The Kier molecular flexibility index (Phi) is 4.70. The van der Waals surface area contributed by atoms with Crippen LogP contribution >= 0.6 is 0 Å². The zero-order valence-electron chi connectivity index (χ0n) is 9.53. The zero-order valence-corrected chi connectivity index (χ0v) is 9.53. The average Bonchev–Trinajstić information content (AvgIpc) is 2.29. The fourth-order valence-electron chi connectivity index (χ4n) is 1.74. The highest BCUT2D eigenvalue weighted by Gasteiger charge is 2.08. The van der Waals surface area contributed by atoms with Gasteiger partial charge in [-0.2, -0.15) is 5.26 Å². The van der Waals surface area contributed by atoms with E-state index in [0.29, 0.717) is 0 Å². The molecule has 1 rings (SSSR count). The number of hydrogen-bond donors (Lipinski definition) is 0. The van der Waals surface area contributed by atoms with Crippen molar-refractivity contribution in [1.29, 1.82) is 5.26 Å². The van der Waals surface area contributed by atoms with Gasteiger partial charge in [0.15, 0.2) is 0 Å². The first-order valence-electron chi connectivity index (χ1n) is 5.57. The second kappa shape index (κ2) is 6.08. The summed E-state index contributed by atoms with van der Waals surface area (Å²) in [5.41, 5.74) is 1.85. The summed E-state index contributed by atoms with van der Waals surface area (Å²) < 4.78 is 0. The Balaban J connectivity index is 2.94. The topological polar surface area (TPSA) is 27.0 Å². The van der Waals surface area contributed by atoms with Crippen LogP contribution in [0.1, 0.15) is 32.3 Å². The third-order valence-corrected chi connectivity index (χ3v) is 2.35. The van der Waals surface area contributed by atoms with Crippen LogP contribution in [-0.2, 0) is 0 Å². The molecule has 1 aromatic carbocycles. The summed E-state index contributed by atoms with van der Waals surface area (Å²) in [6, 6.07) is 10.1. The number of anilines is 1. The van der Waals surface area contributed by atoms with E-state index in [-0.39, 0.29) is 0 Å². The number of nitrogens with zero attached hydrogens (tertiary/aromatic N) is 2. The molecule has 0 spiro atoms. The lowest BCUT2D eigenvalue weighted by atomic mass is 10.1. The maximum Gasteiger partial charge on any atom is 0.101 e. The van der Waals surface area contributed by atoms with Crippen LogP contribution in [0.25, 0.3) is 0 Å². The van der Waals surface area contributed by atoms with Crippen molar-refractivity contribution in [1.82, 2.24) is 0 Å². The van der Waals surface area contributed by atoms with Gasteiger partial charge in [-0.1, -0.05) is 26.0 Å². The molecule has 0 heterocycles. The van der Waals surface area contributed by atoms with Gasteiger partial charge in [0.1, 0.15) is 6.07 Å². The van der Waals surface area contributed by atoms with E-state index in [2.05, 4.69) is 24.8 Å².